The molecule has 318 valence electrons. The molecular weight excluding hydrogens is 982 g/mol. The number of hydrogen-bond acceptors (Lipinski definition) is 0. The molecule has 0 atom stereocenters. The third-order valence-electron chi connectivity index (χ3n) is 9.15. The number of hydrogen-bond donors (Lipinski definition) is 0. The summed E-state index contributed by atoms with van der Waals surface area (Å²) >= 11 is 7.08. The Labute approximate surface area is 352 Å². The van der Waals surface area contributed by atoms with Crippen molar-refractivity contribution in [2.24, 2.45) is 0 Å². The van der Waals surface area contributed by atoms with Crippen LogP contribution in [0.4, 0.5) is 50.4 Å². The molecule has 0 unspecified atom stereocenters. The van der Waals surface area contributed by atoms with Crippen molar-refractivity contribution < 1.29 is 59.5 Å². The van der Waals surface area contributed by atoms with Crippen LogP contribution in [-0.4, -0.2) is 0 Å². The number of halogens is 14. The van der Waals surface area contributed by atoms with Crippen LogP contribution in [0.3, 0.4) is 0 Å². The summed E-state index contributed by atoms with van der Waals surface area (Å²) in [6, 6.07) is 44.9. The summed E-state index contributed by atoms with van der Waals surface area (Å²) in [5, 5.41) is 9.62. The number of nitrogens with zero attached hydrogens (tertiary/aromatic N) is 2. The monoisotopic (exact) mass is 1010 g/mol. The van der Waals surface area contributed by atoms with Crippen molar-refractivity contribution in [3.05, 3.63) is 168 Å². The normalized spacial score (nSPS) is 14.3. The Morgan fingerprint density at radius 1 is 0.350 bits per heavy atom. The van der Waals surface area contributed by atoms with Crippen LogP contribution in [-0.2, 0) is 23.7 Å². The molecule has 2 heterocycles. The molecule has 60 heavy (non-hydrogen) atoms. The van der Waals surface area contributed by atoms with Gasteiger partial charge >= 0.3 is 66.0 Å². The topological polar surface area (TPSA) is 7.76 Å². The first-order chi connectivity index (χ1) is 27.6. The van der Waals surface area contributed by atoms with Gasteiger partial charge in [0.2, 0.25) is 0 Å². The van der Waals surface area contributed by atoms with Crippen LogP contribution in [0.2, 0.25) is 0 Å². The molecule has 6 aromatic carbocycles. The van der Waals surface area contributed by atoms with Crippen molar-refractivity contribution >= 4 is 79.8 Å². The molecule has 8 rings (SSSR count). The zero-order valence-corrected chi connectivity index (χ0v) is 35.7. The average Bonchev–Trinajstić information content (AvgIpc) is 3.16. The van der Waals surface area contributed by atoms with E-state index in [-0.39, 0.29) is 0 Å². The SMILES string of the molecule is BrCc1ccc(C[n+]2ccc(-c3ccc4ccc5c(-c6cc[n+](Cc7ccc(CBr)cc7)cc6)ccc6ccc3c4c65)cc2)cc1.F[P-](F)(F)(F)(F)F.F[P-](F)(F)(F)(F)F. The molecule has 0 aliphatic rings. The summed E-state index contributed by atoms with van der Waals surface area (Å²) in [4.78, 5) is 0. The van der Waals surface area contributed by atoms with Crippen molar-refractivity contribution in [3.8, 4) is 22.3 Å². The number of aromatic nitrogens is 2. The van der Waals surface area contributed by atoms with Crippen LogP contribution in [0.5, 0.6) is 0 Å². The summed E-state index contributed by atoms with van der Waals surface area (Å²) in [5.41, 5.74) is 10.2. The Balaban J connectivity index is 0.000000373. The Bertz CT molecular complexity index is 2570. The molecule has 18 heteroatoms. The second-order valence-electron chi connectivity index (χ2n) is 14.0. The molecule has 2 nitrogen and oxygen atoms in total. The molecule has 0 bridgehead atoms. The van der Waals surface area contributed by atoms with Gasteiger partial charge in [0, 0.05) is 46.1 Å². The van der Waals surface area contributed by atoms with Gasteiger partial charge in [-0.2, -0.15) is 0 Å². The van der Waals surface area contributed by atoms with Crippen LogP contribution >= 0.6 is 47.5 Å². The zero-order valence-electron chi connectivity index (χ0n) is 30.8. The van der Waals surface area contributed by atoms with Gasteiger partial charge in [0.05, 0.1) is 0 Å². The first-order valence-corrected chi connectivity index (χ1v) is 24.0. The molecule has 0 radical (unpaired) electrons. The fourth-order valence-electron chi connectivity index (χ4n) is 6.68. The standard InChI is InChI=1S/C42H32Br2N2.2F6P/c43-25-29-1-5-31(6-2-29)27-45-21-17-33(18-22-45)37-13-9-35-12-16-40-38(14-10-36-11-15-39(37)41(35)42(36)40)34-19-23-46(24-20-34)28-32-7-3-30(26-44)4-8-32;2*1-7(2,3,4,5)6/h1-24H,25-28H2;;/q+2;2*-1. The molecule has 0 saturated carbocycles. The molecule has 0 saturated heterocycles. The summed E-state index contributed by atoms with van der Waals surface area (Å²) in [6.07, 6.45) is 8.79. The Morgan fingerprint density at radius 2 is 0.617 bits per heavy atom. The average molecular weight is 1010 g/mol. The number of rotatable bonds is 8. The van der Waals surface area contributed by atoms with E-state index in [1.54, 1.807) is 0 Å². The molecule has 0 N–H and O–H groups in total. The Kier molecular flexibility index (Phi) is 11.5. The molecule has 0 fully saturated rings. The van der Waals surface area contributed by atoms with E-state index >= 15 is 0 Å². The first kappa shape index (κ1) is 45.2. The maximum atomic E-state index is 9.87. The fourth-order valence-corrected chi connectivity index (χ4v) is 7.43. The number of pyridine rings is 2. The van der Waals surface area contributed by atoms with E-state index in [0.29, 0.717) is 0 Å². The first-order valence-electron chi connectivity index (χ1n) is 17.7. The minimum atomic E-state index is -10.7. The predicted octanol–water partition coefficient (Wildman–Crippen LogP) is 17.1. The van der Waals surface area contributed by atoms with E-state index in [9.17, 15) is 50.4 Å². The Hall–Kier alpha value is -4.36. The quantitative estimate of drug-likeness (QED) is 0.0471. The van der Waals surface area contributed by atoms with Crippen molar-refractivity contribution in [1.29, 1.82) is 0 Å². The maximum absolute atomic E-state index is 10.7. The molecule has 0 amide bonds. The van der Waals surface area contributed by atoms with Crippen molar-refractivity contribution in [2.45, 2.75) is 23.7 Å². The van der Waals surface area contributed by atoms with Crippen molar-refractivity contribution in [1.82, 2.24) is 0 Å². The van der Waals surface area contributed by atoms with Gasteiger partial charge in [0.1, 0.15) is 0 Å². The van der Waals surface area contributed by atoms with Crippen LogP contribution < -0.4 is 9.13 Å². The molecule has 0 aliphatic heterocycles. The predicted molar refractivity (Wildman–Crippen MR) is 225 cm³/mol. The minimum absolute atomic E-state index is 0.855. The van der Waals surface area contributed by atoms with Gasteiger partial charge in [-0.05, 0) is 65.7 Å². The van der Waals surface area contributed by atoms with Crippen molar-refractivity contribution in [3.63, 3.8) is 0 Å². The van der Waals surface area contributed by atoms with Gasteiger partial charge in [0.25, 0.3) is 0 Å². The second-order valence-corrected chi connectivity index (χ2v) is 18.9. The molecule has 2 aromatic heterocycles. The molecule has 0 spiro atoms. The fraction of sp³-hybridized carbons (Fsp3) is 0.0952. The Morgan fingerprint density at radius 3 is 0.900 bits per heavy atom. The van der Waals surface area contributed by atoms with E-state index in [1.807, 2.05) is 0 Å². The van der Waals surface area contributed by atoms with Gasteiger partial charge in [-0.3, -0.25) is 0 Å². The van der Waals surface area contributed by atoms with Crippen LogP contribution in [0.25, 0.3) is 54.6 Å². The summed E-state index contributed by atoms with van der Waals surface area (Å²) < 4.78 is 123. The molecule has 0 aliphatic carbocycles. The van der Waals surface area contributed by atoms with E-state index in [4.69, 9.17) is 0 Å². The van der Waals surface area contributed by atoms with E-state index in [0.717, 1.165) is 23.7 Å². The van der Waals surface area contributed by atoms with Gasteiger partial charge < -0.3 is 0 Å². The molecular formula is C42H32Br2F12N2P2. The van der Waals surface area contributed by atoms with E-state index in [1.165, 1.54) is 76.8 Å². The number of benzene rings is 6. The molecule has 8 aromatic rings. The second kappa shape index (κ2) is 15.2. The summed E-state index contributed by atoms with van der Waals surface area (Å²) in [7, 11) is -21.3. The van der Waals surface area contributed by atoms with Crippen molar-refractivity contribution in [2.75, 3.05) is 0 Å². The summed E-state index contributed by atoms with van der Waals surface area (Å²) in [6.45, 7) is 1.71. The van der Waals surface area contributed by atoms with Crippen LogP contribution in [0, 0.1) is 0 Å². The van der Waals surface area contributed by atoms with E-state index < -0.39 is 15.6 Å². The number of alkyl halides is 2. The zero-order chi connectivity index (χ0) is 43.9. The van der Waals surface area contributed by atoms with Crippen LogP contribution in [0.1, 0.15) is 22.3 Å². The van der Waals surface area contributed by atoms with Crippen LogP contribution in [0.15, 0.2) is 146 Å². The third-order valence-corrected chi connectivity index (χ3v) is 10.4. The van der Waals surface area contributed by atoms with E-state index in [2.05, 4.69) is 187 Å². The third kappa shape index (κ3) is 13.8. The van der Waals surface area contributed by atoms with Gasteiger partial charge in [-0.15, -0.1) is 0 Å². The summed E-state index contributed by atoms with van der Waals surface area (Å²) in [5.74, 6) is 0. The van der Waals surface area contributed by atoms with Gasteiger partial charge in [0.15, 0.2) is 37.9 Å². The van der Waals surface area contributed by atoms with Gasteiger partial charge in [-0.25, -0.2) is 9.13 Å². The van der Waals surface area contributed by atoms with Gasteiger partial charge in [-0.1, -0.05) is 129 Å².